The first-order chi connectivity index (χ1) is 6.15. The highest BCUT2D eigenvalue weighted by atomic mass is 19.1. The summed E-state index contributed by atoms with van der Waals surface area (Å²) < 4.78 is 12.2. The molecule has 3 heteroatoms. The monoisotopic (exact) mass is 182 g/mol. The molecule has 0 saturated carbocycles. The zero-order valence-electron chi connectivity index (χ0n) is 8.00. The van der Waals surface area contributed by atoms with Crippen LogP contribution in [0.15, 0.2) is 24.3 Å². The molecule has 2 N–H and O–H groups in total. The molecule has 0 unspecified atom stereocenters. The summed E-state index contributed by atoms with van der Waals surface area (Å²) in [6, 6.07) is 7.10. The predicted molar refractivity (Wildman–Crippen MR) is 53.7 cm³/mol. The number of hydrogen-bond acceptors (Lipinski definition) is 2. The van der Waals surface area contributed by atoms with Crippen molar-refractivity contribution in [2.24, 2.45) is 5.73 Å². The Kier molecular flexibility index (Phi) is 3.25. The SMILES string of the molecule is CN(C)c1ccc([C@H](N)CF)cc1. The van der Waals surface area contributed by atoms with E-state index in [1.54, 1.807) is 0 Å². The van der Waals surface area contributed by atoms with Crippen molar-refractivity contribution in [3.63, 3.8) is 0 Å². The van der Waals surface area contributed by atoms with E-state index in [0.29, 0.717) is 0 Å². The van der Waals surface area contributed by atoms with E-state index >= 15 is 0 Å². The van der Waals surface area contributed by atoms with Crippen LogP contribution in [0.5, 0.6) is 0 Å². The molecule has 0 radical (unpaired) electrons. The van der Waals surface area contributed by atoms with Crippen molar-refractivity contribution in [1.82, 2.24) is 0 Å². The number of nitrogens with two attached hydrogens (primary N) is 1. The zero-order chi connectivity index (χ0) is 9.84. The second-order valence-electron chi connectivity index (χ2n) is 3.25. The second-order valence-corrected chi connectivity index (χ2v) is 3.25. The molecule has 2 nitrogen and oxygen atoms in total. The lowest BCUT2D eigenvalue weighted by atomic mass is 10.1. The van der Waals surface area contributed by atoms with Crippen molar-refractivity contribution in [2.45, 2.75) is 6.04 Å². The van der Waals surface area contributed by atoms with Crippen LogP contribution in [0.1, 0.15) is 11.6 Å². The van der Waals surface area contributed by atoms with Crippen LogP contribution >= 0.6 is 0 Å². The molecular weight excluding hydrogens is 167 g/mol. The molecule has 72 valence electrons. The van der Waals surface area contributed by atoms with Gasteiger partial charge in [0.15, 0.2) is 0 Å². The lowest BCUT2D eigenvalue weighted by molar-refractivity contribution is 0.437. The van der Waals surface area contributed by atoms with Gasteiger partial charge in [-0.2, -0.15) is 0 Å². The molecule has 0 aromatic heterocycles. The Balaban J connectivity index is 2.81. The van der Waals surface area contributed by atoms with Gasteiger partial charge in [-0.15, -0.1) is 0 Å². The summed E-state index contributed by atoms with van der Waals surface area (Å²) in [7, 11) is 3.92. The molecule has 0 aliphatic rings. The van der Waals surface area contributed by atoms with E-state index in [-0.39, 0.29) is 0 Å². The van der Waals surface area contributed by atoms with Crippen LogP contribution in [0.3, 0.4) is 0 Å². The highest BCUT2D eigenvalue weighted by Gasteiger charge is 2.04. The number of benzene rings is 1. The average Bonchev–Trinajstić information content (AvgIpc) is 2.17. The summed E-state index contributed by atoms with van der Waals surface area (Å²) in [6.07, 6.45) is 0. The lowest BCUT2D eigenvalue weighted by Crippen LogP contribution is -2.13. The van der Waals surface area contributed by atoms with Crippen molar-refractivity contribution in [2.75, 3.05) is 25.7 Å². The van der Waals surface area contributed by atoms with Crippen molar-refractivity contribution in [3.8, 4) is 0 Å². The molecule has 0 heterocycles. The summed E-state index contributed by atoms with van der Waals surface area (Å²) in [5, 5.41) is 0. The first-order valence-electron chi connectivity index (χ1n) is 4.24. The lowest BCUT2D eigenvalue weighted by Gasteiger charge is -2.14. The first kappa shape index (κ1) is 9.99. The molecule has 0 saturated heterocycles. The van der Waals surface area contributed by atoms with Crippen LogP contribution in [0.25, 0.3) is 0 Å². The third-order valence-electron chi connectivity index (χ3n) is 2.00. The summed E-state index contributed by atoms with van der Waals surface area (Å²) in [5.41, 5.74) is 7.47. The Morgan fingerprint density at radius 3 is 2.23 bits per heavy atom. The Morgan fingerprint density at radius 2 is 1.85 bits per heavy atom. The molecule has 1 aromatic carbocycles. The highest BCUT2D eigenvalue weighted by Crippen LogP contribution is 2.16. The molecular formula is C10H15FN2. The van der Waals surface area contributed by atoms with Crippen LogP contribution in [0.4, 0.5) is 10.1 Å². The van der Waals surface area contributed by atoms with Crippen LogP contribution in [-0.2, 0) is 0 Å². The van der Waals surface area contributed by atoms with Crippen molar-refractivity contribution in [1.29, 1.82) is 0 Å². The minimum atomic E-state index is -0.513. The molecule has 0 amide bonds. The van der Waals surface area contributed by atoms with E-state index in [1.165, 1.54) is 0 Å². The van der Waals surface area contributed by atoms with Gasteiger partial charge < -0.3 is 10.6 Å². The minimum absolute atomic E-state index is 0.490. The zero-order valence-corrected chi connectivity index (χ0v) is 8.00. The molecule has 1 atom stereocenters. The number of nitrogens with zero attached hydrogens (tertiary/aromatic N) is 1. The number of hydrogen-bond donors (Lipinski definition) is 1. The topological polar surface area (TPSA) is 29.3 Å². The molecule has 0 fully saturated rings. The molecule has 0 aliphatic carbocycles. The number of rotatable bonds is 3. The van der Waals surface area contributed by atoms with Crippen molar-refractivity contribution in [3.05, 3.63) is 29.8 Å². The van der Waals surface area contributed by atoms with Gasteiger partial charge in [0.1, 0.15) is 6.67 Å². The standard InChI is InChI=1S/C10H15FN2/c1-13(2)9-5-3-8(4-6-9)10(12)7-11/h3-6,10H,7,12H2,1-2H3/t10-/m1/s1. The summed E-state index contributed by atoms with van der Waals surface area (Å²) >= 11 is 0. The van der Waals surface area contributed by atoms with E-state index in [9.17, 15) is 4.39 Å². The van der Waals surface area contributed by atoms with Gasteiger partial charge >= 0.3 is 0 Å². The van der Waals surface area contributed by atoms with Crippen LogP contribution in [-0.4, -0.2) is 20.8 Å². The quantitative estimate of drug-likeness (QED) is 0.771. The van der Waals surface area contributed by atoms with E-state index in [4.69, 9.17) is 5.73 Å². The van der Waals surface area contributed by atoms with Crippen LogP contribution < -0.4 is 10.6 Å². The van der Waals surface area contributed by atoms with Gasteiger partial charge in [0.25, 0.3) is 0 Å². The fraction of sp³-hybridized carbons (Fsp3) is 0.400. The maximum absolute atomic E-state index is 12.2. The Morgan fingerprint density at radius 1 is 1.31 bits per heavy atom. The fourth-order valence-electron chi connectivity index (χ4n) is 1.11. The van der Waals surface area contributed by atoms with E-state index in [0.717, 1.165) is 11.3 Å². The highest BCUT2D eigenvalue weighted by molar-refractivity contribution is 5.46. The van der Waals surface area contributed by atoms with Gasteiger partial charge in [0, 0.05) is 19.8 Å². The van der Waals surface area contributed by atoms with Gasteiger partial charge in [-0.3, -0.25) is 0 Å². The average molecular weight is 182 g/mol. The molecule has 1 aromatic rings. The molecule has 0 bridgehead atoms. The van der Waals surface area contributed by atoms with E-state index in [2.05, 4.69) is 0 Å². The van der Waals surface area contributed by atoms with Crippen LogP contribution in [0.2, 0.25) is 0 Å². The maximum Gasteiger partial charge on any atom is 0.109 e. The number of alkyl halides is 1. The van der Waals surface area contributed by atoms with Crippen molar-refractivity contribution >= 4 is 5.69 Å². The van der Waals surface area contributed by atoms with Gasteiger partial charge in [-0.05, 0) is 17.7 Å². The summed E-state index contributed by atoms with van der Waals surface area (Å²) in [5.74, 6) is 0. The number of halogens is 1. The van der Waals surface area contributed by atoms with E-state index in [1.807, 2.05) is 43.3 Å². The van der Waals surface area contributed by atoms with Gasteiger partial charge in [0.05, 0.1) is 6.04 Å². The third-order valence-corrected chi connectivity index (χ3v) is 2.00. The minimum Gasteiger partial charge on any atom is -0.378 e. The molecule has 0 spiro atoms. The summed E-state index contributed by atoms with van der Waals surface area (Å²) in [4.78, 5) is 1.99. The first-order valence-corrected chi connectivity index (χ1v) is 4.24. The van der Waals surface area contributed by atoms with Crippen LogP contribution in [0, 0.1) is 0 Å². The Bertz CT molecular complexity index is 256. The normalized spacial score (nSPS) is 12.6. The van der Waals surface area contributed by atoms with Gasteiger partial charge in [-0.1, -0.05) is 12.1 Å². The third kappa shape index (κ3) is 2.42. The summed E-state index contributed by atoms with van der Waals surface area (Å²) in [6.45, 7) is -0.513. The maximum atomic E-state index is 12.2. The van der Waals surface area contributed by atoms with Gasteiger partial charge in [0.2, 0.25) is 0 Å². The Hall–Kier alpha value is -1.09. The van der Waals surface area contributed by atoms with Gasteiger partial charge in [-0.25, -0.2) is 4.39 Å². The van der Waals surface area contributed by atoms with E-state index < -0.39 is 12.7 Å². The molecule has 0 aliphatic heterocycles. The van der Waals surface area contributed by atoms with Crippen molar-refractivity contribution < 1.29 is 4.39 Å². The Labute approximate surface area is 78.2 Å². The molecule has 1 rings (SSSR count). The molecule has 13 heavy (non-hydrogen) atoms. The second kappa shape index (κ2) is 4.23. The number of anilines is 1. The smallest absolute Gasteiger partial charge is 0.109 e. The fourth-order valence-corrected chi connectivity index (χ4v) is 1.11. The predicted octanol–water partition coefficient (Wildman–Crippen LogP) is 1.72. The largest absolute Gasteiger partial charge is 0.378 e.